The van der Waals surface area contributed by atoms with Crippen molar-refractivity contribution >= 4 is 14.5 Å². The second kappa shape index (κ2) is 7.01. The van der Waals surface area contributed by atoms with E-state index in [0.29, 0.717) is 0 Å². The first-order chi connectivity index (χ1) is 7.27. The minimum Gasteiger partial charge on any atom is -0.105 e. The minimum atomic E-state index is 1.23. The molecular weight excluding hydrogens is 199 g/mol. The van der Waals surface area contributed by atoms with Crippen LogP contribution in [0.15, 0.2) is 18.2 Å². The molecule has 84 valence electrons. The van der Waals surface area contributed by atoms with E-state index in [9.17, 15) is 0 Å². The second-order valence-electron chi connectivity index (χ2n) is 4.24. The molecule has 0 nitrogen and oxygen atoms in total. The summed E-state index contributed by atoms with van der Waals surface area (Å²) in [6, 6.07) is 6.92. The molecule has 1 aromatic carbocycles. The van der Waals surface area contributed by atoms with E-state index in [-0.39, 0.29) is 0 Å². The molecule has 0 aliphatic rings. The van der Waals surface area contributed by atoms with Gasteiger partial charge in [0.25, 0.3) is 0 Å². The van der Waals surface area contributed by atoms with E-state index in [4.69, 9.17) is 0 Å². The Hall–Kier alpha value is -0.350. The molecule has 0 aromatic heterocycles. The minimum absolute atomic E-state index is 1.23. The summed E-state index contributed by atoms with van der Waals surface area (Å²) < 4.78 is 0. The molecule has 0 radical (unpaired) electrons. The number of hydrogen-bond donors (Lipinski definition) is 0. The van der Waals surface area contributed by atoms with Crippen LogP contribution in [0.5, 0.6) is 0 Å². The Kier molecular flexibility index (Phi) is 5.95. The topological polar surface area (TPSA) is 0 Å². The summed E-state index contributed by atoms with van der Waals surface area (Å²) in [6.45, 7) is 4.51. The van der Waals surface area contributed by atoms with Crippen molar-refractivity contribution in [3.05, 3.63) is 29.3 Å². The fourth-order valence-corrected chi connectivity index (χ4v) is 2.10. The van der Waals surface area contributed by atoms with Crippen molar-refractivity contribution in [2.75, 3.05) is 0 Å². The Bertz CT molecular complexity index is 291. The standard InChI is InChI=1S/C14H23P/c1-3-5-7-12-9-10-14(15)13(11-12)8-6-4-2/h9-11H,3-8,15H2,1-2H3. The van der Waals surface area contributed by atoms with Crippen LogP contribution in [0.3, 0.4) is 0 Å². The molecule has 15 heavy (non-hydrogen) atoms. The molecule has 0 aliphatic heterocycles. The summed E-state index contributed by atoms with van der Waals surface area (Å²) in [5, 5.41) is 1.38. The number of aryl methyl sites for hydroxylation is 2. The molecule has 1 atom stereocenters. The van der Waals surface area contributed by atoms with Crippen molar-refractivity contribution < 1.29 is 0 Å². The lowest BCUT2D eigenvalue weighted by Crippen LogP contribution is -2.03. The lowest BCUT2D eigenvalue weighted by Gasteiger charge is -2.08. The molecule has 0 heterocycles. The molecule has 0 amide bonds. The Morgan fingerprint density at radius 3 is 2.33 bits per heavy atom. The van der Waals surface area contributed by atoms with Gasteiger partial charge in [-0.05, 0) is 42.1 Å². The largest absolute Gasteiger partial charge is 0.105 e. The highest BCUT2D eigenvalue weighted by atomic mass is 31.0. The quantitative estimate of drug-likeness (QED) is 0.641. The zero-order valence-electron chi connectivity index (χ0n) is 10.1. The molecule has 0 saturated carbocycles. The molecule has 0 fully saturated rings. The van der Waals surface area contributed by atoms with Gasteiger partial charge in [-0.3, -0.25) is 0 Å². The fraction of sp³-hybridized carbons (Fsp3) is 0.571. The van der Waals surface area contributed by atoms with Crippen molar-refractivity contribution in [2.24, 2.45) is 0 Å². The SMILES string of the molecule is CCCCc1ccc(P)c(CCCC)c1. The third-order valence-corrected chi connectivity index (χ3v) is 3.39. The summed E-state index contributed by atoms with van der Waals surface area (Å²) in [7, 11) is 2.85. The Morgan fingerprint density at radius 1 is 1.00 bits per heavy atom. The average molecular weight is 222 g/mol. The van der Waals surface area contributed by atoms with Crippen LogP contribution in [0.1, 0.15) is 50.7 Å². The fourth-order valence-electron chi connectivity index (χ4n) is 1.78. The summed E-state index contributed by atoms with van der Waals surface area (Å²) in [5.74, 6) is 0. The molecule has 0 saturated heterocycles. The maximum Gasteiger partial charge on any atom is -0.0271 e. The zero-order valence-corrected chi connectivity index (χ0v) is 11.2. The van der Waals surface area contributed by atoms with Gasteiger partial charge in [0.2, 0.25) is 0 Å². The second-order valence-corrected chi connectivity index (χ2v) is 4.86. The first-order valence-electron chi connectivity index (χ1n) is 6.15. The predicted molar refractivity (Wildman–Crippen MR) is 73.0 cm³/mol. The maximum absolute atomic E-state index is 2.85. The lowest BCUT2D eigenvalue weighted by atomic mass is 10.0. The average Bonchev–Trinajstić information content (AvgIpc) is 2.26. The smallest absolute Gasteiger partial charge is 0.0271 e. The molecule has 1 unspecified atom stereocenters. The highest BCUT2D eigenvalue weighted by molar-refractivity contribution is 7.27. The Morgan fingerprint density at radius 2 is 1.67 bits per heavy atom. The molecule has 1 aromatic rings. The van der Waals surface area contributed by atoms with Gasteiger partial charge in [-0.15, -0.1) is 9.24 Å². The maximum atomic E-state index is 2.85. The molecule has 1 rings (SSSR count). The molecule has 1 heteroatoms. The van der Waals surface area contributed by atoms with E-state index in [1.807, 2.05) is 0 Å². The van der Waals surface area contributed by atoms with Gasteiger partial charge in [0.15, 0.2) is 0 Å². The van der Waals surface area contributed by atoms with E-state index in [0.717, 1.165) is 0 Å². The van der Waals surface area contributed by atoms with Crippen molar-refractivity contribution in [1.82, 2.24) is 0 Å². The van der Waals surface area contributed by atoms with Crippen LogP contribution in [-0.2, 0) is 12.8 Å². The molecule has 0 bridgehead atoms. The van der Waals surface area contributed by atoms with Gasteiger partial charge in [0.05, 0.1) is 0 Å². The van der Waals surface area contributed by atoms with Crippen molar-refractivity contribution in [1.29, 1.82) is 0 Å². The van der Waals surface area contributed by atoms with E-state index in [2.05, 4.69) is 41.3 Å². The number of rotatable bonds is 6. The normalized spacial score (nSPS) is 10.6. The first-order valence-corrected chi connectivity index (χ1v) is 6.73. The summed E-state index contributed by atoms with van der Waals surface area (Å²) in [6.07, 6.45) is 7.65. The van der Waals surface area contributed by atoms with Crippen LogP contribution in [0.25, 0.3) is 0 Å². The van der Waals surface area contributed by atoms with Crippen LogP contribution >= 0.6 is 9.24 Å². The van der Waals surface area contributed by atoms with E-state index >= 15 is 0 Å². The monoisotopic (exact) mass is 222 g/mol. The summed E-state index contributed by atoms with van der Waals surface area (Å²) >= 11 is 0. The van der Waals surface area contributed by atoms with Crippen molar-refractivity contribution in [3.63, 3.8) is 0 Å². The van der Waals surface area contributed by atoms with Crippen LogP contribution in [0.4, 0.5) is 0 Å². The van der Waals surface area contributed by atoms with Gasteiger partial charge < -0.3 is 0 Å². The van der Waals surface area contributed by atoms with Gasteiger partial charge >= 0.3 is 0 Å². The van der Waals surface area contributed by atoms with Crippen LogP contribution in [0, 0.1) is 0 Å². The van der Waals surface area contributed by atoms with Crippen LogP contribution in [-0.4, -0.2) is 0 Å². The van der Waals surface area contributed by atoms with Gasteiger partial charge in [-0.25, -0.2) is 0 Å². The number of unbranched alkanes of at least 4 members (excludes halogenated alkanes) is 2. The molecule has 0 N–H and O–H groups in total. The molecular formula is C14H23P. The summed E-state index contributed by atoms with van der Waals surface area (Å²) in [4.78, 5) is 0. The zero-order chi connectivity index (χ0) is 11.1. The van der Waals surface area contributed by atoms with Crippen LogP contribution in [0.2, 0.25) is 0 Å². The number of hydrogen-bond acceptors (Lipinski definition) is 0. The summed E-state index contributed by atoms with van der Waals surface area (Å²) in [5.41, 5.74) is 3.03. The number of benzene rings is 1. The van der Waals surface area contributed by atoms with Gasteiger partial charge in [0, 0.05) is 0 Å². The van der Waals surface area contributed by atoms with E-state index in [1.54, 1.807) is 0 Å². The predicted octanol–water partition coefficient (Wildman–Crippen LogP) is 3.87. The van der Waals surface area contributed by atoms with Gasteiger partial charge in [-0.1, -0.05) is 44.9 Å². The lowest BCUT2D eigenvalue weighted by molar-refractivity contribution is 0.783. The van der Waals surface area contributed by atoms with Crippen LogP contribution < -0.4 is 5.30 Å². The molecule has 0 spiro atoms. The van der Waals surface area contributed by atoms with Crippen molar-refractivity contribution in [3.8, 4) is 0 Å². The highest BCUT2D eigenvalue weighted by Crippen LogP contribution is 2.11. The Balaban J connectivity index is 2.66. The van der Waals surface area contributed by atoms with E-state index < -0.39 is 0 Å². The van der Waals surface area contributed by atoms with Gasteiger partial charge in [0.1, 0.15) is 0 Å². The third-order valence-electron chi connectivity index (χ3n) is 2.83. The Labute approximate surface area is 96.7 Å². The van der Waals surface area contributed by atoms with Crippen molar-refractivity contribution in [2.45, 2.75) is 52.4 Å². The highest BCUT2D eigenvalue weighted by Gasteiger charge is 2.00. The van der Waals surface area contributed by atoms with Gasteiger partial charge in [-0.2, -0.15) is 0 Å². The third kappa shape index (κ3) is 4.34. The molecule has 0 aliphatic carbocycles. The van der Waals surface area contributed by atoms with E-state index in [1.165, 1.54) is 55.0 Å². The first kappa shape index (κ1) is 12.7.